The second kappa shape index (κ2) is 5.80. The predicted molar refractivity (Wildman–Crippen MR) is 71.5 cm³/mol. The van der Waals surface area contributed by atoms with Crippen LogP contribution in [0, 0.1) is 5.82 Å². The molecule has 1 unspecified atom stereocenters. The van der Waals surface area contributed by atoms with E-state index in [4.69, 9.17) is 11.6 Å². The van der Waals surface area contributed by atoms with E-state index in [1.807, 2.05) is 6.92 Å². The first-order valence-electron chi connectivity index (χ1n) is 5.74. The van der Waals surface area contributed by atoms with Gasteiger partial charge in [0.15, 0.2) is 0 Å². The molecule has 98 valence electrons. The van der Waals surface area contributed by atoms with Crippen LogP contribution in [0.4, 0.5) is 4.39 Å². The third-order valence-electron chi connectivity index (χ3n) is 2.73. The minimum Gasteiger partial charge on any atom is -0.345 e. The highest BCUT2D eigenvalue weighted by Crippen LogP contribution is 2.17. The van der Waals surface area contributed by atoms with Crippen LogP contribution in [-0.4, -0.2) is 10.9 Å². The second-order valence-corrected chi connectivity index (χ2v) is 4.51. The van der Waals surface area contributed by atoms with E-state index in [0.717, 1.165) is 5.56 Å². The minimum absolute atomic E-state index is 0.239. The molecule has 0 aliphatic heterocycles. The molecule has 1 aromatic carbocycles. The van der Waals surface area contributed by atoms with Gasteiger partial charge in [-0.2, -0.15) is 0 Å². The zero-order valence-electron chi connectivity index (χ0n) is 10.2. The average Bonchev–Trinajstić information content (AvgIpc) is 2.39. The summed E-state index contributed by atoms with van der Waals surface area (Å²) in [6, 6.07) is 7.30. The Morgan fingerprint density at radius 2 is 2.00 bits per heavy atom. The van der Waals surface area contributed by atoms with Gasteiger partial charge in [0.25, 0.3) is 5.91 Å². The fourth-order valence-corrected chi connectivity index (χ4v) is 1.87. The van der Waals surface area contributed by atoms with Crippen LogP contribution in [0.5, 0.6) is 0 Å². The number of carbonyl (C=O) groups excluding carboxylic acids is 1. The summed E-state index contributed by atoms with van der Waals surface area (Å²) in [5.41, 5.74) is 1.19. The molecule has 0 saturated heterocycles. The molecule has 1 amide bonds. The molecule has 1 atom stereocenters. The molecule has 0 bridgehead atoms. The van der Waals surface area contributed by atoms with E-state index in [-0.39, 0.29) is 17.8 Å². The van der Waals surface area contributed by atoms with Crippen molar-refractivity contribution in [3.8, 4) is 0 Å². The van der Waals surface area contributed by atoms with E-state index in [2.05, 4.69) is 10.3 Å². The number of halogens is 2. The van der Waals surface area contributed by atoms with Gasteiger partial charge in [0, 0.05) is 12.4 Å². The van der Waals surface area contributed by atoms with Gasteiger partial charge >= 0.3 is 0 Å². The number of hydrogen-bond acceptors (Lipinski definition) is 2. The summed E-state index contributed by atoms with van der Waals surface area (Å²) < 4.78 is 12.8. The fraction of sp³-hybridized carbons (Fsp3) is 0.143. The van der Waals surface area contributed by atoms with E-state index in [1.54, 1.807) is 18.2 Å². The van der Waals surface area contributed by atoms with Gasteiger partial charge in [-0.3, -0.25) is 9.78 Å². The smallest absolute Gasteiger partial charge is 0.253 e. The molecule has 0 saturated carbocycles. The quantitative estimate of drug-likeness (QED) is 0.935. The number of carbonyl (C=O) groups is 1. The Kier molecular flexibility index (Phi) is 4.12. The van der Waals surface area contributed by atoms with Gasteiger partial charge in [0.05, 0.1) is 16.6 Å². The first-order chi connectivity index (χ1) is 9.08. The van der Waals surface area contributed by atoms with Gasteiger partial charge in [0.1, 0.15) is 5.82 Å². The van der Waals surface area contributed by atoms with Gasteiger partial charge in [-0.15, -0.1) is 0 Å². The lowest BCUT2D eigenvalue weighted by Gasteiger charge is -2.14. The molecule has 3 nitrogen and oxygen atoms in total. The van der Waals surface area contributed by atoms with Crippen LogP contribution in [-0.2, 0) is 0 Å². The van der Waals surface area contributed by atoms with E-state index in [9.17, 15) is 9.18 Å². The predicted octanol–water partition coefficient (Wildman–Crippen LogP) is 3.37. The van der Waals surface area contributed by atoms with Gasteiger partial charge in [-0.25, -0.2) is 4.39 Å². The standard InChI is InChI=1S/C14H12ClFN2O/c1-9(10-2-4-11(16)5-3-10)18-14(19)12-6-7-17-8-13(12)15/h2-9H,1H3,(H,18,19). The van der Waals surface area contributed by atoms with Crippen molar-refractivity contribution in [2.24, 2.45) is 0 Å². The van der Waals surface area contributed by atoms with Gasteiger partial charge in [0.2, 0.25) is 0 Å². The summed E-state index contributed by atoms with van der Waals surface area (Å²) in [5.74, 6) is -0.594. The molecular weight excluding hydrogens is 267 g/mol. The molecule has 1 heterocycles. The topological polar surface area (TPSA) is 42.0 Å². The number of benzene rings is 1. The SMILES string of the molecule is CC(NC(=O)c1ccncc1Cl)c1ccc(F)cc1. The summed E-state index contributed by atoms with van der Waals surface area (Å²) in [6.45, 7) is 1.82. The summed E-state index contributed by atoms with van der Waals surface area (Å²) in [6.07, 6.45) is 2.92. The Balaban J connectivity index is 2.11. The zero-order valence-corrected chi connectivity index (χ0v) is 11.0. The van der Waals surface area contributed by atoms with Crippen LogP contribution < -0.4 is 5.32 Å². The fourth-order valence-electron chi connectivity index (χ4n) is 1.67. The van der Waals surface area contributed by atoms with Crippen LogP contribution in [0.1, 0.15) is 28.9 Å². The number of aromatic nitrogens is 1. The molecule has 1 aromatic heterocycles. The van der Waals surface area contributed by atoms with Crippen molar-refractivity contribution < 1.29 is 9.18 Å². The van der Waals surface area contributed by atoms with E-state index < -0.39 is 0 Å². The average molecular weight is 279 g/mol. The Morgan fingerprint density at radius 1 is 1.32 bits per heavy atom. The number of pyridine rings is 1. The maximum Gasteiger partial charge on any atom is 0.253 e. The van der Waals surface area contributed by atoms with Gasteiger partial charge in [-0.1, -0.05) is 23.7 Å². The summed E-state index contributed by atoms with van der Waals surface area (Å²) >= 11 is 5.90. The number of nitrogens with one attached hydrogen (secondary N) is 1. The molecule has 0 aliphatic rings. The summed E-state index contributed by atoms with van der Waals surface area (Å²) in [7, 11) is 0. The molecule has 19 heavy (non-hydrogen) atoms. The van der Waals surface area contributed by atoms with Crippen molar-refractivity contribution in [1.29, 1.82) is 0 Å². The Bertz CT molecular complexity index is 586. The number of amides is 1. The van der Waals surface area contributed by atoms with E-state index >= 15 is 0 Å². The van der Waals surface area contributed by atoms with Crippen molar-refractivity contribution >= 4 is 17.5 Å². The lowest BCUT2D eigenvalue weighted by Crippen LogP contribution is -2.26. The van der Waals surface area contributed by atoms with E-state index in [1.165, 1.54) is 24.5 Å². The van der Waals surface area contributed by atoms with Crippen LogP contribution in [0.15, 0.2) is 42.7 Å². The highest BCUT2D eigenvalue weighted by molar-refractivity contribution is 6.33. The normalized spacial score (nSPS) is 11.9. The molecule has 0 spiro atoms. The van der Waals surface area contributed by atoms with Crippen molar-refractivity contribution in [2.75, 3.05) is 0 Å². The van der Waals surface area contributed by atoms with Crippen LogP contribution in [0.25, 0.3) is 0 Å². The monoisotopic (exact) mass is 278 g/mol. The molecule has 0 radical (unpaired) electrons. The second-order valence-electron chi connectivity index (χ2n) is 4.10. The molecule has 2 rings (SSSR count). The van der Waals surface area contributed by atoms with Crippen molar-refractivity contribution in [2.45, 2.75) is 13.0 Å². The molecule has 1 N–H and O–H groups in total. The van der Waals surface area contributed by atoms with Crippen molar-refractivity contribution in [3.63, 3.8) is 0 Å². The molecule has 0 aliphatic carbocycles. The molecule has 2 aromatic rings. The lowest BCUT2D eigenvalue weighted by molar-refractivity contribution is 0.0940. The maximum absolute atomic E-state index is 12.8. The highest BCUT2D eigenvalue weighted by atomic mass is 35.5. The van der Waals surface area contributed by atoms with Gasteiger partial charge in [-0.05, 0) is 30.7 Å². The molecule has 5 heteroatoms. The largest absolute Gasteiger partial charge is 0.345 e. The first kappa shape index (κ1) is 13.5. The Labute approximate surface area is 115 Å². The number of nitrogens with zero attached hydrogens (tertiary/aromatic N) is 1. The number of hydrogen-bond donors (Lipinski definition) is 1. The molecular formula is C14H12ClFN2O. The third kappa shape index (κ3) is 3.29. The lowest BCUT2D eigenvalue weighted by atomic mass is 10.1. The maximum atomic E-state index is 12.8. The first-order valence-corrected chi connectivity index (χ1v) is 6.11. The van der Waals surface area contributed by atoms with Crippen LogP contribution >= 0.6 is 11.6 Å². The van der Waals surface area contributed by atoms with Crippen molar-refractivity contribution in [3.05, 3.63) is 64.7 Å². The zero-order chi connectivity index (χ0) is 13.8. The molecule has 0 fully saturated rings. The highest BCUT2D eigenvalue weighted by Gasteiger charge is 2.13. The number of rotatable bonds is 3. The van der Waals surface area contributed by atoms with Crippen LogP contribution in [0.2, 0.25) is 5.02 Å². The minimum atomic E-state index is -0.306. The third-order valence-corrected chi connectivity index (χ3v) is 3.04. The van der Waals surface area contributed by atoms with Crippen molar-refractivity contribution in [1.82, 2.24) is 10.3 Å². The van der Waals surface area contributed by atoms with Crippen LogP contribution in [0.3, 0.4) is 0 Å². The van der Waals surface area contributed by atoms with Gasteiger partial charge < -0.3 is 5.32 Å². The Morgan fingerprint density at radius 3 is 2.63 bits per heavy atom. The summed E-state index contributed by atoms with van der Waals surface area (Å²) in [4.78, 5) is 15.8. The summed E-state index contributed by atoms with van der Waals surface area (Å²) in [5, 5.41) is 3.10. The van der Waals surface area contributed by atoms with E-state index in [0.29, 0.717) is 10.6 Å². The Hall–Kier alpha value is -1.94.